The van der Waals surface area contributed by atoms with Crippen LogP contribution in [0.2, 0.25) is 0 Å². The molecule has 5 heteroatoms. The summed E-state index contributed by atoms with van der Waals surface area (Å²) in [5, 5.41) is 0. The van der Waals surface area contributed by atoms with Crippen molar-refractivity contribution in [3.8, 4) is 0 Å². The Labute approximate surface area is 92.7 Å². The highest BCUT2D eigenvalue weighted by molar-refractivity contribution is 7.91. The lowest BCUT2D eigenvalue weighted by molar-refractivity contribution is 0.213. The summed E-state index contributed by atoms with van der Waals surface area (Å²) in [7, 11) is -2.78. The van der Waals surface area contributed by atoms with Gasteiger partial charge in [-0.25, -0.2) is 8.42 Å². The summed E-state index contributed by atoms with van der Waals surface area (Å²) in [5.41, 5.74) is 5.55. The van der Waals surface area contributed by atoms with Crippen molar-refractivity contribution < 1.29 is 8.42 Å². The van der Waals surface area contributed by atoms with Crippen molar-refractivity contribution >= 4 is 9.84 Å². The first kappa shape index (κ1) is 12.9. The topological polar surface area (TPSA) is 63.4 Å². The maximum Gasteiger partial charge on any atom is 0.153 e. The zero-order valence-electron chi connectivity index (χ0n) is 9.65. The minimum atomic E-state index is -2.78. The third-order valence-electron chi connectivity index (χ3n) is 3.12. The number of nitrogens with zero attached hydrogens (tertiary/aromatic N) is 1. The van der Waals surface area contributed by atoms with Gasteiger partial charge in [0.1, 0.15) is 0 Å². The molecule has 0 amide bonds. The van der Waals surface area contributed by atoms with E-state index in [0.717, 1.165) is 13.0 Å². The van der Waals surface area contributed by atoms with Crippen LogP contribution < -0.4 is 5.73 Å². The molecule has 1 aliphatic heterocycles. The van der Waals surface area contributed by atoms with E-state index in [1.54, 1.807) is 0 Å². The molecule has 1 saturated heterocycles. The van der Waals surface area contributed by atoms with E-state index in [9.17, 15) is 8.42 Å². The number of nitrogens with two attached hydrogens (primary N) is 1. The molecule has 1 rings (SSSR count). The first-order valence-corrected chi connectivity index (χ1v) is 7.41. The van der Waals surface area contributed by atoms with Gasteiger partial charge < -0.3 is 5.73 Å². The van der Waals surface area contributed by atoms with Gasteiger partial charge in [-0.05, 0) is 32.4 Å². The Bertz CT molecular complexity index is 290. The molecule has 0 spiro atoms. The van der Waals surface area contributed by atoms with E-state index in [2.05, 4.69) is 11.8 Å². The second kappa shape index (κ2) is 5.27. The molecule has 0 saturated carbocycles. The van der Waals surface area contributed by atoms with Crippen LogP contribution in [0.5, 0.6) is 0 Å². The fourth-order valence-corrected chi connectivity index (χ4v) is 3.49. The van der Waals surface area contributed by atoms with E-state index in [-0.39, 0.29) is 6.04 Å². The summed E-state index contributed by atoms with van der Waals surface area (Å²) in [6.45, 7) is 6.48. The summed E-state index contributed by atoms with van der Waals surface area (Å²) < 4.78 is 22.7. The lowest BCUT2D eigenvalue weighted by Crippen LogP contribution is -2.47. The van der Waals surface area contributed by atoms with Crippen LogP contribution in [0, 0.1) is 5.92 Å². The third kappa shape index (κ3) is 4.09. The van der Waals surface area contributed by atoms with Gasteiger partial charge in [0.15, 0.2) is 9.84 Å². The highest BCUT2D eigenvalue weighted by Crippen LogP contribution is 2.13. The molecule has 4 nitrogen and oxygen atoms in total. The lowest BCUT2D eigenvalue weighted by atomic mass is 10.1. The minimum absolute atomic E-state index is 0.161. The second-order valence-corrected chi connectivity index (χ2v) is 6.86. The predicted octanol–water partition coefficient (Wildman–Crippen LogP) is 0.0902. The van der Waals surface area contributed by atoms with Crippen molar-refractivity contribution in [3.63, 3.8) is 0 Å². The maximum atomic E-state index is 11.4. The smallest absolute Gasteiger partial charge is 0.153 e. The standard InChI is InChI=1S/C10H22N2O2S/c1-9(7-11)3-4-12-5-6-15(13,14)8-10(12)2/h9-10H,3-8,11H2,1-2H3. The quantitative estimate of drug-likeness (QED) is 0.749. The number of hydrogen-bond donors (Lipinski definition) is 1. The summed E-state index contributed by atoms with van der Waals surface area (Å²) in [5.74, 6) is 1.15. The third-order valence-corrected chi connectivity index (χ3v) is 4.91. The SMILES string of the molecule is CC(CN)CCN1CCS(=O)(=O)CC1C. The predicted molar refractivity (Wildman–Crippen MR) is 62.5 cm³/mol. The van der Waals surface area contributed by atoms with Crippen molar-refractivity contribution in [1.29, 1.82) is 0 Å². The summed E-state index contributed by atoms with van der Waals surface area (Å²) >= 11 is 0. The van der Waals surface area contributed by atoms with Crippen LogP contribution in [0.4, 0.5) is 0 Å². The summed E-state index contributed by atoms with van der Waals surface area (Å²) in [6, 6.07) is 0.161. The van der Waals surface area contributed by atoms with Gasteiger partial charge in [0.2, 0.25) is 0 Å². The fraction of sp³-hybridized carbons (Fsp3) is 1.00. The molecule has 0 bridgehead atoms. The van der Waals surface area contributed by atoms with Gasteiger partial charge in [0.25, 0.3) is 0 Å². The number of hydrogen-bond acceptors (Lipinski definition) is 4. The molecule has 1 fully saturated rings. The average Bonchev–Trinajstić information content (AvgIpc) is 2.15. The van der Waals surface area contributed by atoms with Gasteiger partial charge >= 0.3 is 0 Å². The highest BCUT2D eigenvalue weighted by Gasteiger charge is 2.27. The Morgan fingerprint density at radius 2 is 2.20 bits per heavy atom. The Balaban J connectivity index is 2.38. The zero-order chi connectivity index (χ0) is 11.5. The summed E-state index contributed by atoms with van der Waals surface area (Å²) in [4.78, 5) is 2.26. The Kier molecular flexibility index (Phi) is 4.55. The van der Waals surface area contributed by atoms with Crippen LogP contribution in [-0.2, 0) is 9.84 Å². The van der Waals surface area contributed by atoms with Crippen LogP contribution >= 0.6 is 0 Å². The fourth-order valence-electron chi connectivity index (χ4n) is 1.87. The van der Waals surface area contributed by atoms with E-state index < -0.39 is 9.84 Å². The van der Waals surface area contributed by atoms with Crippen molar-refractivity contribution in [2.45, 2.75) is 26.3 Å². The van der Waals surface area contributed by atoms with Gasteiger partial charge in [-0.3, -0.25) is 4.90 Å². The van der Waals surface area contributed by atoms with Gasteiger partial charge in [0.05, 0.1) is 11.5 Å². The molecule has 2 atom stereocenters. The van der Waals surface area contributed by atoms with Gasteiger partial charge in [0, 0.05) is 12.6 Å². The van der Waals surface area contributed by atoms with Crippen LogP contribution in [0.25, 0.3) is 0 Å². The minimum Gasteiger partial charge on any atom is -0.330 e. The first-order chi connectivity index (χ1) is 6.94. The van der Waals surface area contributed by atoms with E-state index in [1.165, 1.54) is 0 Å². The molecule has 0 aromatic heterocycles. The molecule has 0 aromatic rings. The monoisotopic (exact) mass is 234 g/mol. The van der Waals surface area contributed by atoms with Crippen LogP contribution in [-0.4, -0.2) is 50.5 Å². The van der Waals surface area contributed by atoms with Crippen molar-refractivity contribution in [1.82, 2.24) is 4.90 Å². The Morgan fingerprint density at radius 3 is 2.73 bits per heavy atom. The Morgan fingerprint density at radius 1 is 1.53 bits per heavy atom. The van der Waals surface area contributed by atoms with Crippen LogP contribution in [0.15, 0.2) is 0 Å². The summed E-state index contributed by atoms with van der Waals surface area (Å²) in [6.07, 6.45) is 1.06. The van der Waals surface area contributed by atoms with Crippen LogP contribution in [0.3, 0.4) is 0 Å². The second-order valence-electron chi connectivity index (χ2n) is 4.63. The van der Waals surface area contributed by atoms with E-state index in [1.807, 2.05) is 6.92 Å². The molecular formula is C10H22N2O2S. The molecule has 0 aromatic carbocycles. The van der Waals surface area contributed by atoms with E-state index >= 15 is 0 Å². The molecule has 1 aliphatic rings. The molecular weight excluding hydrogens is 212 g/mol. The maximum absolute atomic E-state index is 11.4. The normalized spacial score (nSPS) is 28.9. The molecule has 15 heavy (non-hydrogen) atoms. The van der Waals surface area contributed by atoms with E-state index in [0.29, 0.717) is 30.5 Å². The molecule has 1 heterocycles. The van der Waals surface area contributed by atoms with Gasteiger partial charge in [-0.2, -0.15) is 0 Å². The van der Waals surface area contributed by atoms with Crippen molar-refractivity contribution in [2.24, 2.45) is 11.7 Å². The van der Waals surface area contributed by atoms with Crippen molar-refractivity contribution in [3.05, 3.63) is 0 Å². The number of sulfone groups is 1. The largest absolute Gasteiger partial charge is 0.330 e. The van der Waals surface area contributed by atoms with Crippen molar-refractivity contribution in [2.75, 3.05) is 31.1 Å². The lowest BCUT2D eigenvalue weighted by Gasteiger charge is -2.33. The van der Waals surface area contributed by atoms with Gasteiger partial charge in [-0.15, -0.1) is 0 Å². The first-order valence-electron chi connectivity index (χ1n) is 5.59. The zero-order valence-corrected chi connectivity index (χ0v) is 10.5. The van der Waals surface area contributed by atoms with Crippen LogP contribution in [0.1, 0.15) is 20.3 Å². The Hall–Kier alpha value is -0.130. The average molecular weight is 234 g/mol. The molecule has 2 N–H and O–H groups in total. The number of rotatable bonds is 4. The molecule has 90 valence electrons. The van der Waals surface area contributed by atoms with E-state index in [4.69, 9.17) is 5.73 Å². The molecule has 0 radical (unpaired) electrons. The molecule has 2 unspecified atom stereocenters. The van der Waals surface area contributed by atoms with Gasteiger partial charge in [-0.1, -0.05) is 6.92 Å². The molecule has 0 aliphatic carbocycles. The highest BCUT2D eigenvalue weighted by atomic mass is 32.2.